The Morgan fingerprint density at radius 2 is 1.65 bits per heavy atom. The smallest absolute Gasteiger partial charge is 0.211 e. The summed E-state index contributed by atoms with van der Waals surface area (Å²) < 4.78 is 0. The lowest BCUT2D eigenvalue weighted by Crippen LogP contribution is -2.32. The van der Waals surface area contributed by atoms with E-state index in [0.717, 1.165) is 31.7 Å². The predicted octanol–water partition coefficient (Wildman–Crippen LogP) is 3.53. The number of Topliss-reactive ketones (excluding diaryl/α,β-unsaturated/α-hetero) is 1. The third-order valence-electron chi connectivity index (χ3n) is 4.65. The Morgan fingerprint density at radius 1 is 1.00 bits per heavy atom. The van der Waals surface area contributed by atoms with Gasteiger partial charge in [0, 0.05) is 18.3 Å². The number of aromatic nitrogens is 1. The first-order valence-electron chi connectivity index (χ1n) is 9.81. The first-order valence-corrected chi connectivity index (χ1v) is 9.81. The zero-order chi connectivity index (χ0) is 18.9. The molecule has 142 valence electrons. The Labute approximate surface area is 156 Å². The van der Waals surface area contributed by atoms with Gasteiger partial charge in [0.1, 0.15) is 5.69 Å². The molecule has 1 aromatic heterocycles. The van der Waals surface area contributed by atoms with Crippen LogP contribution >= 0.6 is 0 Å². The first-order chi connectivity index (χ1) is 12.6. The minimum absolute atomic E-state index is 0.138. The van der Waals surface area contributed by atoms with E-state index < -0.39 is 0 Å². The van der Waals surface area contributed by atoms with Crippen LogP contribution < -0.4 is 5.32 Å². The van der Waals surface area contributed by atoms with Crippen LogP contribution in [0.4, 0.5) is 0 Å². The van der Waals surface area contributed by atoms with Crippen molar-refractivity contribution in [3.8, 4) is 0 Å². The summed E-state index contributed by atoms with van der Waals surface area (Å²) in [6.07, 6.45) is 7.19. The van der Waals surface area contributed by atoms with Crippen molar-refractivity contribution in [1.29, 1.82) is 0 Å². The second kappa shape index (κ2) is 10.2. The van der Waals surface area contributed by atoms with E-state index in [4.69, 9.17) is 0 Å². The SMILES string of the molecule is CCCCN(CCCC)CCCNC1=CC(=O)c2nc(C)ccc2C1=O. The summed E-state index contributed by atoms with van der Waals surface area (Å²) in [4.78, 5) is 31.5. The third-order valence-corrected chi connectivity index (χ3v) is 4.65. The van der Waals surface area contributed by atoms with Crippen molar-refractivity contribution < 1.29 is 9.59 Å². The molecule has 1 aliphatic rings. The van der Waals surface area contributed by atoms with E-state index in [-0.39, 0.29) is 17.3 Å². The number of nitrogens with zero attached hydrogens (tertiary/aromatic N) is 2. The third kappa shape index (κ3) is 5.49. The number of pyridine rings is 1. The van der Waals surface area contributed by atoms with Crippen LogP contribution in [0, 0.1) is 6.92 Å². The monoisotopic (exact) mass is 357 g/mol. The molecule has 5 nitrogen and oxygen atoms in total. The summed E-state index contributed by atoms with van der Waals surface area (Å²) in [6.45, 7) is 10.2. The number of ketones is 2. The molecule has 0 bridgehead atoms. The average Bonchev–Trinajstić information content (AvgIpc) is 2.64. The molecule has 0 saturated carbocycles. The van der Waals surface area contributed by atoms with Crippen LogP contribution in [0.15, 0.2) is 23.9 Å². The molecule has 0 spiro atoms. The summed E-state index contributed by atoms with van der Waals surface area (Å²) in [5.74, 6) is -0.334. The quantitative estimate of drug-likeness (QED) is 0.614. The fraction of sp³-hybridized carbons (Fsp3) is 0.571. The van der Waals surface area contributed by atoms with Gasteiger partial charge in [-0.3, -0.25) is 9.59 Å². The topological polar surface area (TPSA) is 62.3 Å². The van der Waals surface area contributed by atoms with Crippen molar-refractivity contribution in [1.82, 2.24) is 15.2 Å². The van der Waals surface area contributed by atoms with Gasteiger partial charge in [0.05, 0.1) is 11.3 Å². The Kier molecular flexibility index (Phi) is 7.98. The number of hydrogen-bond acceptors (Lipinski definition) is 5. The maximum absolute atomic E-state index is 12.6. The molecule has 0 atom stereocenters. The zero-order valence-electron chi connectivity index (χ0n) is 16.3. The van der Waals surface area contributed by atoms with Crippen molar-refractivity contribution in [2.24, 2.45) is 0 Å². The van der Waals surface area contributed by atoms with E-state index in [1.165, 1.54) is 31.8 Å². The highest BCUT2D eigenvalue weighted by molar-refractivity contribution is 6.23. The molecule has 26 heavy (non-hydrogen) atoms. The maximum Gasteiger partial charge on any atom is 0.211 e. The predicted molar refractivity (Wildman–Crippen MR) is 105 cm³/mol. The number of carbonyl (C=O) groups excluding carboxylic acids is 2. The van der Waals surface area contributed by atoms with E-state index in [2.05, 4.69) is 29.0 Å². The van der Waals surface area contributed by atoms with Crippen LogP contribution in [0.2, 0.25) is 0 Å². The van der Waals surface area contributed by atoms with Gasteiger partial charge in [0.2, 0.25) is 11.6 Å². The molecule has 1 heterocycles. The van der Waals surface area contributed by atoms with E-state index in [1.807, 2.05) is 6.92 Å². The van der Waals surface area contributed by atoms with Gasteiger partial charge in [0.15, 0.2) is 0 Å². The van der Waals surface area contributed by atoms with Crippen molar-refractivity contribution in [2.75, 3.05) is 26.2 Å². The molecule has 1 N–H and O–H groups in total. The van der Waals surface area contributed by atoms with Crippen LogP contribution in [0.3, 0.4) is 0 Å². The highest BCUT2D eigenvalue weighted by Crippen LogP contribution is 2.18. The van der Waals surface area contributed by atoms with E-state index in [9.17, 15) is 9.59 Å². The zero-order valence-corrected chi connectivity index (χ0v) is 16.3. The molecule has 0 radical (unpaired) electrons. The summed E-state index contributed by atoms with van der Waals surface area (Å²) in [5, 5.41) is 3.16. The summed E-state index contributed by atoms with van der Waals surface area (Å²) >= 11 is 0. The molecule has 0 saturated heterocycles. The second-order valence-corrected chi connectivity index (χ2v) is 6.93. The molecule has 0 unspecified atom stereocenters. The highest BCUT2D eigenvalue weighted by Gasteiger charge is 2.26. The fourth-order valence-electron chi connectivity index (χ4n) is 3.09. The molecule has 1 aromatic rings. The van der Waals surface area contributed by atoms with Crippen LogP contribution in [0.25, 0.3) is 0 Å². The minimum Gasteiger partial charge on any atom is -0.382 e. The van der Waals surface area contributed by atoms with E-state index >= 15 is 0 Å². The van der Waals surface area contributed by atoms with E-state index in [0.29, 0.717) is 17.8 Å². The van der Waals surface area contributed by atoms with Crippen LogP contribution in [-0.4, -0.2) is 47.6 Å². The highest BCUT2D eigenvalue weighted by atomic mass is 16.1. The number of unbranched alkanes of at least 4 members (excludes halogenated alkanes) is 2. The van der Waals surface area contributed by atoms with Gasteiger partial charge < -0.3 is 10.2 Å². The average molecular weight is 357 g/mol. The molecular formula is C21H31N3O2. The van der Waals surface area contributed by atoms with Crippen LogP contribution in [0.1, 0.15) is 72.5 Å². The first kappa shape index (κ1) is 20.3. The summed E-state index contributed by atoms with van der Waals surface area (Å²) in [6, 6.07) is 3.47. The Bertz CT molecular complexity index is 659. The number of rotatable bonds is 11. The molecule has 0 fully saturated rings. The van der Waals surface area contributed by atoms with Crippen LogP contribution in [0.5, 0.6) is 0 Å². The molecule has 5 heteroatoms. The number of allylic oxidation sites excluding steroid dienone is 2. The van der Waals surface area contributed by atoms with Crippen molar-refractivity contribution in [3.63, 3.8) is 0 Å². The van der Waals surface area contributed by atoms with Gasteiger partial charge in [-0.2, -0.15) is 0 Å². The largest absolute Gasteiger partial charge is 0.382 e. The maximum atomic E-state index is 12.6. The van der Waals surface area contributed by atoms with Crippen molar-refractivity contribution in [2.45, 2.75) is 52.9 Å². The molecular weight excluding hydrogens is 326 g/mol. The summed E-state index contributed by atoms with van der Waals surface area (Å²) in [5.41, 5.74) is 1.81. The van der Waals surface area contributed by atoms with Crippen molar-refractivity contribution >= 4 is 11.6 Å². The van der Waals surface area contributed by atoms with Gasteiger partial charge >= 0.3 is 0 Å². The lowest BCUT2D eigenvalue weighted by molar-refractivity contribution is 0.0974. The van der Waals surface area contributed by atoms with Gasteiger partial charge in [-0.1, -0.05) is 26.7 Å². The van der Waals surface area contributed by atoms with Gasteiger partial charge in [-0.15, -0.1) is 0 Å². The van der Waals surface area contributed by atoms with Gasteiger partial charge in [-0.25, -0.2) is 4.98 Å². The fourth-order valence-corrected chi connectivity index (χ4v) is 3.09. The van der Waals surface area contributed by atoms with Crippen molar-refractivity contribution in [3.05, 3.63) is 40.9 Å². The standard InChI is InChI=1S/C21H31N3O2/c1-4-6-12-24(13-7-5-2)14-8-11-22-18-15-19(25)20-17(21(18)26)10-9-16(3)23-20/h9-10,15,22H,4-8,11-14H2,1-3H3. The Balaban J connectivity index is 1.86. The Morgan fingerprint density at radius 3 is 2.31 bits per heavy atom. The number of nitrogens with one attached hydrogen (secondary N) is 1. The molecule has 0 amide bonds. The molecule has 0 aliphatic heterocycles. The lowest BCUT2D eigenvalue weighted by atomic mass is 9.96. The van der Waals surface area contributed by atoms with Gasteiger partial charge in [0.25, 0.3) is 0 Å². The number of carbonyl (C=O) groups is 2. The number of fused-ring (bicyclic) bond motifs is 1. The molecule has 2 rings (SSSR count). The second-order valence-electron chi connectivity index (χ2n) is 6.93. The normalized spacial score (nSPS) is 13.8. The summed E-state index contributed by atoms with van der Waals surface area (Å²) in [7, 11) is 0. The number of hydrogen-bond donors (Lipinski definition) is 1. The minimum atomic E-state index is -0.196. The molecule has 1 aliphatic carbocycles. The van der Waals surface area contributed by atoms with Crippen LogP contribution in [-0.2, 0) is 0 Å². The van der Waals surface area contributed by atoms with Gasteiger partial charge in [-0.05, 0) is 58.0 Å². The van der Waals surface area contributed by atoms with E-state index in [1.54, 1.807) is 12.1 Å². The molecule has 0 aromatic carbocycles. The Hall–Kier alpha value is -2.01. The lowest BCUT2D eigenvalue weighted by Gasteiger charge is -2.22. The number of aryl methyl sites for hydroxylation is 1.